The summed E-state index contributed by atoms with van der Waals surface area (Å²) < 4.78 is 15.5. The Morgan fingerprint density at radius 1 is 1.27 bits per heavy atom. The molecule has 1 aliphatic heterocycles. The van der Waals surface area contributed by atoms with Gasteiger partial charge in [-0.05, 0) is 18.1 Å². The molecule has 0 aliphatic carbocycles. The number of ether oxygens (including phenoxy) is 3. The van der Waals surface area contributed by atoms with Gasteiger partial charge in [0.15, 0.2) is 5.96 Å². The van der Waals surface area contributed by atoms with Crippen LogP contribution in [0, 0.1) is 11.8 Å². The molecule has 146 valence electrons. The van der Waals surface area contributed by atoms with E-state index >= 15 is 0 Å². The molecule has 1 aromatic rings. The Kier molecular flexibility index (Phi) is 8.97. The second-order valence-electron chi connectivity index (χ2n) is 6.09. The van der Waals surface area contributed by atoms with Crippen molar-refractivity contribution < 1.29 is 19.0 Å². The van der Waals surface area contributed by atoms with Crippen molar-refractivity contribution in [3.8, 4) is 11.5 Å². The largest absolute Gasteiger partial charge is 0.497 e. The quantitative estimate of drug-likeness (QED) is 0.303. The van der Waals surface area contributed by atoms with Crippen LogP contribution in [0.4, 0.5) is 0 Å². The molecule has 1 aromatic carbocycles. The molecule has 0 spiro atoms. The first-order valence-corrected chi connectivity index (χ1v) is 8.28. The Labute approximate surface area is 172 Å². The van der Waals surface area contributed by atoms with E-state index in [0.29, 0.717) is 13.1 Å². The van der Waals surface area contributed by atoms with Crippen LogP contribution in [0.1, 0.15) is 12.5 Å². The SMILES string of the molecule is CN=C(NCc1ccc(OC)cc1OC)N1CC(C)C(C(=O)OC)C1.I. The maximum absolute atomic E-state index is 11.9. The topological polar surface area (TPSA) is 72.4 Å². The van der Waals surface area contributed by atoms with Crippen molar-refractivity contribution in [2.75, 3.05) is 41.5 Å². The summed E-state index contributed by atoms with van der Waals surface area (Å²) in [5.74, 6) is 2.20. The second-order valence-corrected chi connectivity index (χ2v) is 6.09. The van der Waals surface area contributed by atoms with Gasteiger partial charge in [0.1, 0.15) is 11.5 Å². The zero-order valence-corrected chi connectivity index (χ0v) is 18.3. The van der Waals surface area contributed by atoms with Crippen molar-refractivity contribution >= 4 is 35.9 Å². The van der Waals surface area contributed by atoms with Gasteiger partial charge in [-0.25, -0.2) is 0 Å². The van der Waals surface area contributed by atoms with Crippen LogP contribution < -0.4 is 14.8 Å². The number of nitrogens with one attached hydrogen (secondary N) is 1. The fourth-order valence-corrected chi connectivity index (χ4v) is 3.10. The van der Waals surface area contributed by atoms with E-state index in [-0.39, 0.29) is 41.8 Å². The molecule has 2 unspecified atom stereocenters. The van der Waals surface area contributed by atoms with E-state index in [1.54, 1.807) is 21.3 Å². The van der Waals surface area contributed by atoms with Gasteiger partial charge in [0, 0.05) is 38.3 Å². The molecule has 8 heteroatoms. The number of methoxy groups -OCH3 is 3. The van der Waals surface area contributed by atoms with E-state index in [1.807, 2.05) is 18.2 Å². The number of benzene rings is 1. The predicted molar refractivity (Wildman–Crippen MR) is 111 cm³/mol. The van der Waals surface area contributed by atoms with E-state index in [0.717, 1.165) is 29.6 Å². The first-order chi connectivity index (χ1) is 12.0. The molecule has 0 radical (unpaired) electrons. The molecule has 0 saturated carbocycles. The van der Waals surface area contributed by atoms with Gasteiger partial charge in [-0.3, -0.25) is 9.79 Å². The molecule has 1 N–H and O–H groups in total. The molecule has 1 fully saturated rings. The number of halogens is 1. The summed E-state index contributed by atoms with van der Waals surface area (Å²) in [6, 6.07) is 5.71. The molecule has 1 aliphatic rings. The molecule has 0 bridgehead atoms. The summed E-state index contributed by atoms with van der Waals surface area (Å²) in [5, 5.41) is 3.34. The molecular formula is C18H28IN3O4. The lowest BCUT2D eigenvalue weighted by Crippen LogP contribution is -2.40. The van der Waals surface area contributed by atoms with Crippen molar-refractivity contribution in [1.82, 2.24) is 10.2 Å². The molecular weight excluding hydrogens is 449 g/mol. The Hall–Kier alpha value is -1.71. The predicted octanol–water partition coefficient (Wildman–Crippen LogP) is 2.14. The van der Waals surface area contributed by atoms with Gasteiger partial charge in [-0.15, -0.1) is 24.0 Å². The minimum absolute atomic E-state index is 0. The Morgan fingerprint density at radius 3 is 2.58 bits per heavy atom. The maximum Gasteiger partial charge on any atom is 0.310 e. The number of carbonyl (C=O) groups is 1. The number of guanidine groups is 1. The van der Waals surface area contributed by atoms with Crippen LogP contribution in [0.25, 0.3) is 0 Å². The van der Waals surface area contributed by atoms with Crippen LogP contribution in [0.5, 0.6) is 11.5 Å². The standard InChI is InChI=1S/C18H27N3O4.HI/c1-12-10-21(11-15(12)17(22)25-5)18(19-2)20-9-13-6-7-14(23-3)8-16(13)24-4;/h6-8,12,15H,9-11H2,1-5H3,(H,19,20);1H. The zero-order chi connectivity index (χ0) is 18.4. The van der Waals surface area contributed by atoms with Crippen molar-refractivity contribution in [1.29, 1.82) is 0 Å². The van der Waals surface area contributed by atoms with E-state index in [9.17, 15) is 4.79 Å². The number of hydrogen-bond donors (Lipinski definition) is 1. The monoisotopic (exact) mass is 477 g/mol. The highest BCUT2D eigenvalue weighted by Crippen LogP contribution is 2.26. The van der Waals surface area contributed by atoms with Crippen molar-refractivity contribution in [2.45, 2.75) is 13.5 Å². The highest BCUT2D eigenvalue weighted by Gasteiger charge is 2.36. The summed E-state index contributed by atoms with van der Waals surface area (Å²) in [6.45, 7) is 3.99. The first-order valence-electron chi connectivity index (χ1n) is 8.28. The third-order valence-electron chi connectivity index (χ3n) is 4.56. The molecule has 0 amide bonds. The normalized spacial score (nSPS) is 19.6. The number of carbonyl (C=O) groups excluding carboxylic acids is 1. The van der Waals surface area contributed by atoms with Crippen LogP contribution in [0.15, 0.2) is 23.2 Å². The average Bonchev–Trinajstić information content (AvgIpc) is 3.03. The van der Waals surface area contributed by atoms with Crippen LogP contribution in [-0.4, -0.2) is 58.3 Å². The van der Waals surface area contributed by atoms with E-state index < -0.39 is 0 Å². The van der Waals surface area contributed by atoms with Gasteiger partial charge >= 0.3 is 5.97 Å². The summed E-state index contributed by atoms with van der Waals surface area (Å²) >= 11 is 0. The lowest BCUT2D eigenvalue weighted by atomic mass is 9.99. The number of rotatable bonds is 5. The molecule has 26 heavy (non-hydrogen) atoms. The minimum Gasteiger partial charge on any atom is -0.497 e. The molecule has 1 heterocycles. The highest BCUT2D eigenvalue weighted by atomic mass is 127. The lowest BCUT2D eigenvalue weighted by Gasteiger charge is -2.22. The molecule has 7 nitrogen and oxygen atoms in total. The fourth-order valence-electron chi connectivity index (χ4n) is 3.10. The molecule has 1 saturated heterocycles. The van der Waals surface area contributed by atoms with Crippen LogP contribution in [0.3, 0.4) is 0 Å². The summed E-state index contributed by atoms with van der Waals surface area (Å²) in [6.07, 6.45) is 0. The zero-order valence-electron chi connectivity index (χ0n) is 15.9. The Morgan fingerprint density at radius 2 is 2.00 bits per heavy atom. The summed E-state index contributed by atoms with van der Waals surface area (Å²) in [4.78, 5) is 18.3. The fraction of sp³-hybridized carbons (Fsp3) is 0.556. The Bertz CT molecular complexity index is 639. The number of nitrogens with zero attached hydrogens (tertiary/aromatic N) is 2. The van der Waals surface area contributed by atoms with Crippen molar-refractivity contribution in [3.63, 3.8) is 0 Å². The van der Waals surface area contributed by atoms with Gasteiger partial charge in [0.25, 0.3) is 0 Å². The number of hydrogen-bond acceptors (Lipinski definition) is 5. The smallest absolute Gasteiger partial charge is 0.310 e. The van der Waals surface area contributed by atoms with Gasteiger partial charge in [0.2, 0.25) is 0 Å². The van der Waals surface area contributed by atoms with Gasteiger partial charge < -0.3 is 24.4 Å². The van der Waals surface area contributed by atoms with Crippen LogP contribution in [0.2, 0.25) is 0 Å². The lowest BCUT2D eigenvalue weighted by molar-refractivity contribution is -0.145. The Balaban J connectivity index is 0.00000338. The van der Waals surface area contributed by atoms with E-state index in [2.05, 4.69) is 22.1 Å². The highest BCUT2D eigenvalue weighted by molar-refractivity contribution is 14.0. The summed E-state index contributed by atoms with van der Waals surface area (Å²) in [7, 11) is 6.43. The average molecular weight is 477 g/mol. The number of aliphatic imine (C=N–C) groups is 1. The first kappa shape index (κ1) is 22.3. The van der Waals surface area contributed by atoms with Crippen molar-refractivity contribution in [2.24, 2.45) is 16.8 Å². The van der Waals surface area contributed by atoms with E-state index in [1.165, 1.54) is 7.11 Å². The summed E-state index contributed by atoms with van der Waals surface area (Å²) in [5.41, 5.74) is 1.00. The van der Waals surface area contributed by atoms with Gasteiger partial charge in [-0.2, -0.15) is 0 Å². The van der Waals surface area contributed by atoms with Crippen LogP contribution in [-0.2, 0) is 16.1 Å². The van der Waals surface area contributed by atoms with Gasteiger partial charge in [-0.1, -0.05) is 6.92 Å². The van der Waals surface area contributed by atoms with E-state index in [4.69, 9.17) is 14.2 Å². The minimum atomic E-state index is -0.165. The number of likely N-dealkylation sites (tertiary alicyclic amines) is 1. The maximum atomic E-state index is 11.9. The second kappa shape index (κ2) is 10.4. The van der Waals surface area contributed by atoms with Gasteiger partial charge in [0.05, 0.1) is 27.2 Å². The molecule has 2 atom stereocenters. The molecule has 0 aromatic heterocycles. The van der Waals surface area contributed by atoms with Crippen molar-refractivity contribution in [3.05, 3.63) is 23.8 Å². The third-order valence-corrected chi connectivity index (χ3v) is 4.56. The third kappa shape index (κ3) is 5.15. The van der Waals surface area contributed by atoms with Crippen LogP contribution >= 0.6 is 24.0 Å². The number of esters is 1. The molecule has 2 rings (SSSR count).